The molecule has 3 heterocycles. The largest absolute Gasteiger partial charge is 0.365 e. The molecule has 104 valence electrons. The van der Waals surface area contributed by atoms with Crippen molar-refractivity contribution in [1.82, 2.24) is 9.55 Å². The van der Waals surface area contributed by atoms with Crippen molar-refractivity contribution in [1.29, 1.82) is 0 Å². The predicted molar refractivity (Wildman–Crippen MR) is 72.0 cm³/mol. The molecule has 1 aromatic heterocycles. The topological polar surface area (TPSA) is 56.2 Å². The third-order valence-electron chi connectivity index (χ3n) is 4.16. The second-order valence-corrected chi connectivity index (χ2v) is 5.66. The van der Waals surface area contributed by atoms with Gasteiger partial charge in [0.2, 0.25) is 0 Å². The summed E-state index contributed by atoms with van der Waals surface area (Å²) in [5.41, 5.74) is -0.683. The van der Waals surface area contributed by atoms with Crippen LogP contribution in [0.1, 0.15) is 44.9 Å². The summed E-state index contributed by atoms with van der Waals surface area (Å²) in [7, 11) is 0. The Kier molecular flexibility index (Phi) is 3.31. The van der Waals surface area contributed by atoms with E-state index in [1.807, 2.05) is 6.92 Å². The van der Waals surface area contributed by atoms with E-state index in [2.05, 4.69) is 14.9 Å². The summed E-state index contributed by atoms with van der Waals surface area (Å²) in [6, 6.07) is 0. The van der Waals surface area contributed by atoms with E-state index in [4.69, 9.17) is 4.74 Å². The van der Waals surface area contributed by atoms with Gasteiger partial charge in [-0.1, -0.05) is 0 Å². The zero-order valence-electron chi connectivity index (χ0n) is 11.4. The third-order valence-corrected chi connectivity index (χ3v) is 4.16. The highest BCUT2D eigenvalue weighted by Crippen LogP contribution is 2.27. The molecule has 0 saturated carbocycles. The summed E-state index contributed by atoms with van der Waals surface area (Å²) in [5, 5.41) is 3.00. The number of fused-ring (bicyclic) bond motifs is 1. The molecule has 0 unspecified atom stereocenters. The lowest BCUT2D eigenvalue weighted by atomic mass is 9.95. The minimum atomic E-state index is -0.683. The lowest BCUT2D eigenvalue weighted by Crippen LogP contribution is -2.45. The molecule has 1 amide bonds. The number of nitrogens with zero attached hydrogens (tertiary/aromatic N) is 2. The van der Waals surface area contributed by atoms with E-state index in [0.29, 0.717) is 6.61 Å². The van der Waals surface area contributed by atoms with Crippen molar-refractivity contribution in [2.75, 3.05) is 11.9 Å². The molecule has 1 atom stereocenters. The van der Waals surface area contributed by atoms with Crippen molar-refractivity contribution in [2.45, 2.75) is 57.6 Å². The molecule has 1 N–H and O–H groups in total. The summed E-state index contributed by atoms with van der Waals surface area (Å²) >= 11 is 0. The highest BCUT2D eigenvalue weighted by atomic mass is 16.5. The van der Waals surface area contributed by atoms with Gasteiger partial charge in [-0.2, -0.15) is 0 Å². The number of hydrogen-bond acceptors (Lipinski definition) is 3. The SMILES string of the molecule is C[C@@]1(C(=O)Nc2cnc3n2CCCC3)CCCCO1. The van der Waals surface area contributed by atoms with Crippen LogP contribution in [0, 0.1) is 0 Å². The van der Waals surface area contributed by atoms with Gasteiger partial charge in [-0.15, -0.1) is 0 Å². The minimum absolute atomic E-state index is 0.0412. The average molecular weight is 263 g/mol. The maximum Gasteiger partial charge on any atom is 0.257 e. The summed E-state index contributed by atoms with van der Waals surface area (Å²) in [5.74, 6) is 1.85. The summed E-state index contributed by atoms with van der Waals surface area (Å²) in [6.45, 7) is 3.51. The molecule has 2 aliphatic rings. The minimum Gasteiger partial charge on any atom is -0.365 e. The zero-order chi connectivity index (χ0) is 13.3. The van der Waals surface area contributed by atoms with E-state index in [-0.39, 0.29) is 5.91 Å². The van der Waals surface area contributed by atoms with Gasteiger partial charge in [0.15, 0.2) is 0 Å². The molecular formula is C14H21N3O2. The number of hydrogen-bond donors (Lipinski definition) is 1. The zero-order valence-corrected chi connectivity index (χ0v) is 11.4. The van der Waals surface area contributed by atoms with E-state index >= 15 is 0 Å². The van der Waals surface area contributed by atoms with Crippen molar-refractivity contribution >= 4 is 11.7 Å². The normalized spacial score (nSPS) is 26.8. The Morgan fingerprint density at radius 1 is 1.42 bits per heavy atom. The first-order valence-corrected chi connectivity index (χ1v) is 7.19. The van der Waals surface area contributed by atoms with Gasteiger partial charge in [0.1, 0.15) is 17.2 Å². The second-order valence-electron chi connectivity index (χ2n) is 5.66. The van der Waals surface area contributed by atoms with E-state index in [0.717, 1.165) is 50.3 Å². The molecule has 0 bridgehead atoms. The van der Waals surface area contributed by atoms with Gasteiger partial charge in [0.05, 0.1) is 6.20 Å². The van der Waals surface area contributed by atoms with Gasteiger partial charge in [-0.05, 0) is 39.0 Å². The first-order chi connectivity index (χ1) is 9.19. The van der Waals surface area contributed by atoms with Gasteiger partial charge >= 0.3 is 0 Å². The molecule has 3 rings (SSSR count). The molecular weight excluding hydrogens is 242 g/mol. The lowest BCUT2D eigenvalue weighted by Gasteiger charge is -2.32. The number of ether oxygens (including phenoxy) is 1. The molecule has 1 aromatic rings. The van der Waals surface area contributed by atoms with Crippen molar-refractivity contribution < 1.29 is 9.53 Å². The fourth-order valence-electron chi connectivity index (χ4n) is 2.88. The fraction of sp³-hybridized carbons (Fsp3) is 0.714. The van der Waals surface area contributed by atoms with Crippen molar-refractivity contribution in [3.05, 3.63) is 12.0 Å². The van der Waals surface area contributed by atoms with Crippen LogP contribution in [0.4, 0.5) is 5.82 Å². The Hall–Kier alpha value is -1.36. The van der Waals surface area contributed by atoms with Gasteiger partial charge in [-0.25, -0.2) is 4.98 Å². The Morgan fingerprint density at radius 3 is 3.11 bits per heavy atom. The van der Waals surface area contributed by atoms with Crippen LogP contribution in [0.2, 0.25) is 0 Å². The molecule has 19 heavy (non-hydrogen) atoms. The van der Waals surface area contributed by atoms with Crippen LogP contribution >= 0.6 is 0 Å². The van der Waals surface area contributed by atoms with E-state index in [9.17, 15) is 4.79 Å². The van der Waals surface area contributed by atoms with Gasteiger partial charge in [0, 0.05) is 19.6 Å². The van der Waals surface area contributed by atoms with Crippen LogP contribution in [0.5, 0.6) is 0 Å². The smallest absolute Gasteiger partial charge is 0.257 e. The van der Waals surface area contributed by atoms with Crippen LogP contribution in [0.3, 0.4) is 0 Å². The first kappa shape index (κ1) is 12.7. The molecule has 1 fully saturated rings. The van der Waals surface area contributed by atoms with Crippen LogP contribution in [0.25, 0.3) is 0 Å². The molecule has 2 aliphatic heterocycles. The summed E-state index contributed by atoms with van der Waals surface area (Å²) < 4.78 is 7.80. The Morgan fingerprint density at radius 2 is 2.32 bits per heavy atom. The predicted octanol–water partition coefficient (Wildman–Crippen LogP) is 2.12. The Balaban J connectivity index is 1.74. The van der Waals surface area contributed by atoms with Crippen molar-refractivity contribution in [3.8, 4) is 0 Å². The first-order valence-electron chi connectivity index (χ1n) is 7.19. The van der Waals surface area contributed by atoms with Crippen LogP contribution in [-0.2, 0) is 22.5 Å². The van der Waals surface area contributed by atoms with E-state index < -0.39 is 5.60 Å². The van der Waals surface area contributed by atoms with E-state index in [1.54, 1.807) is 6.20 Å². The Bertz CT molecular complexity index is 475. The number of aryl methyl sites for hydroxylation is 1. The van der Waals surface area contributed by atoms with E-state index in [1.165, 1.54) is 6.42 Å². The number of nitrogens with one attached hydrogen (secondary N) is 1. The maximum absolute atomic E-state index is 12.4. The van der Waals surface area contributed by atoms with Crippen LogP contribution < -0.4 is 5.32 Å². The van der Waals surface area contributed by atoms with Crippen molar-refractivity contribution in [2.24, 2.45) is 0 Å². The lowest BCUT2D eigenvalue weighted by molar-refractivity contribution is -0.144. The number of aromatic nitrogens is 2. The average Bonchev–Trinajstić information content (AvgIpc) is 2.83. The highest BCUT2D eigenvalue weighted by molar-refractivity contribution is 5.96. The number of anilines is 1. The van der Waals surface area contributed by atoms with Gasteiger partial charge in [-0.3, -0.25) is 4.79 Å². The van der Waals surface area contributed by atoms with Crippen LogP contribution in [0.15, 0.2) is 6.20 Å². The molecule has 1 saturated heterocycles. The third kappa shape index (κ3) is 2.39. The van der Waals surface area contributed by atoms with Crippen LogP contribution in [-0.4, -0.2) is 27.7 Å². The number of imidazole rings is 1. The summed E-state index contributed by atoms with van der Waals surface area (Å²) in [4.78, 5) is 16.8. The molecule has 0 radical (unpaired) electrons. The molecule has 5 nitrogen and oxygen atoms in total. The number of carbonyl (C=O) groups excluding carboxylic acids is 1. The number of amides is 1. The quantitative estimate of drug-likeness (QED) is 0.889. The Labute approximate surface area is 113 Å². The molecule has 0 spiro atoms. The van der Waals surface area contributed by atoms with Crippen molar-refractivity contribution in [3.63, 3.8) is 0 Å². The maximum atomic E-state index is 12.4. The van der Waals surface area contributed by atoms with Gasteiger partial charge < -0.3 is 14.6 Å². The number of carbonyl (C=O) groups is 1. The molecule has 0 aliphatic carbocycles. The second kappa shape index (κ2) is 4.96. The van der Waals surface area contributed by atoms with Gasteiger partial charge in [0.25, 0.3) is 5.91 Å². The monoisotopic (exact) mass is 263 g/mol. The molecule has 5 heteroatoms. The molecule has 0 aromatic carbocycles. The number of rotatable bonds is 2. The fourth-order valence-corrected chi connectivity index (χ4v) is 2.88. The summed E-state index contributed by atoms with van der Waals surface area (Å²) in [6.07, 6.45) is 8.00. The standard InChI is InChI=1S/C14H21N3O2/c1-14(7-3-5-9-19-14)13(18)16-12-10-15-11-6-2-4-8-17(11)12/h10H,2-9H2,1H3,(H,16,18)/t14-/m0/s1. The highest BCUT2D eigenvalue weighted by Gasteiger charge is 2.36.